The van der Waals surface area contributed by atoms with Gasteiger partial charge in [0, 0.05) is 13.0 Å². The Morgan fingerprint density at radius 3 is 1.52 bits per heavy atom. The summed E-state index contributed by atoms with van der Waals surface area (Å²) in [5.41, 5.74) is 21.9. The molecule has 0 aromatic rings. The van der Waals surface area contributed by atoms with Crippen LogP contribution in [0.5, 0.6) is 0 Å². The molecule has 0 bridgehead atoms. The molecule has 31 nitrogen and oxygen atoms in total. The molecule has 1 aliphatic rings. The molecule has 1 fully saturated rings. The molecule has 0 saturated carbocycles. The van der Waals surface area contributed by atoms with Crippen LogP contribution < -0.4 is 81.4 Å². The number of hydrogen-bond acceptors (Lipinski definition) is 18. The van der Waals surface area contributed by atoms with Crippen LogP contribution in [0.3, 0.4) is 0 Å². The van der Waals surface area contributed by atoms with Gasteiger partial charge in [-0.2, -0.15) is 0 Å². The number of amides is 11. The van der Waals surface area contributed by atoms with E-state index in [1.165, 1.54) is 13.8 Å². The summed E-state index contributed by atoms with van der Waals surface area (Å²) in [4.78, 5) is 168. The average Bonchev–Trinajstić information content (AvgIpc) is 2.84. The van der Waals surface area contributed by atoms with E-state index in [0.717, 1.165) is 0 Å². The molecule has 0 aromatic heterocycles. The number of primary amides is 1. The number of aliphatic hydroxyl groups excluding tert-OH is 2. The van der Waals surface area contributed by atoms with Crippen LogP contribution in [0.15, 0.2) is 4.99 Å². The topological polar surface area (TPSA) is 503 Å². The van der Waals surface area contributed by atoms with Crippen LogP contribution in [0.1, 0.15) is 140 Å². The molecule has 0 unspecified atom stereocenters. The zero-order valence-electron chi connectivity index (χ0n) is 51.8. The van der Waals surface area contributed by atoms with Crippen molar-refractivity contribution < 1.29 is 72.5 Å². The minimum atomic E-state index is -1.83. The van der Waals surface area contributed by atoms with Crippen molar-refractivity contribution in [2.45, 2.75) is 212 Å². The number of nitrogens with one attached hydrogen (secondary N) is 11. The van der Waals surface area contributed by atoms with Crippen molar-refractivity contribution in [1.82, 2.24) is 58.5 Å². The van der Waals surface area contributed by atoms with Crippen LogP contribution in [0.2, 0.25) is 0 Å². The number of rotatable bonds is 36. The predicted octanol–water partition coefficient (Wildman–Crippen LogP) is -5.00. The number of cyclic esters (lactones) is 1. The first kappa shape index (κ1) is 76.8. The number of esters is 1. The summed E-state index contributed by atoms with van der Waals surface area (Å²) in [6.07, 6.45) is 0.956. The fourth-order valence-electron chi connectivity index (χ4n) is 8.83. The van der Waals surface area contributed by atoms with Crippen molar-refractivity contribution in [3.63, 3.8) is 0 Å². The Bertz CT molecular complexity index is 2310. The molecule has 0 aromatic carbocycles. The van der Waals surface area contributed by atoms with Gasteiger partial charge in [0.1, 0.15) is 66.5 Å². The van der Waals surface area contributed by atoms with E-state index in [9.17, 15) is 67.7 Å². The van der Waals surface area contributed by atoms with Gasteiger partial charge in [0.25, 0.3) is 0 Å². The molecule has 0 radical (unpaired) electrons. The normalized spacial score (nSPS) is 21.3. The highest BCUT2D eigenvalue weighted by Gasteiger charge is 2.41. The molecule has 0 spiro atoms. The van der Waals surface area contributed by atoms with Gasteiger partial charge in [-0.15, -0.1) is 0 Å². The third-order valence-corrected chi connectivity index (χ3v) is 15.4. The molecular formula is C55H100N16O15. The number of aliphatic hydroxyl groups is 2. The monoisotopic (exact) mass is 1220 g/mol. The molecule has 1 rings (SSSR count). The number of hydrogen-bond donors (Lipinski definition) is 17. The molecule has 1 aliphatic heterocycles. The molecular weight excluding hydrogens is 1120 g/mol. The number of guanidine groups is 1. The fourth-order valence-corrected chi connectivity index (χ4v) is 8.83. The summed E-state index contributed by atoms with van der Waals surface area (Å²) in [5.74, 6) is -13.4. The average molecular weight is 1230 g/mol. The second-order valence-corrected chi connectivity index (χ2v) is 22.0. The van der Waals surface area contributed by atoms with E-state index < -0.39 is 193 Å². The van der Waals surface area contributed by atoms with Crippen molar-refractivity contribution in [2.24, 2.45) is 51.6 Å². The van der Waals surface area contributed by atoms with Gasteiger partial charge in [-0.1, -0.05) is 87.5 Å². The summed E-state index contributed by atoms with van der Waals surface area (Å²) in [5, 5.41) is 49.1. The van der Waals surface area contributed by atoms with Gasteiger partial charge < -0.3 is 96.4 Å². The minimum Gasteiger partial charge on any atom is -0.458 e. The molecule has 1 saturated heterocycles. The first-order valence-electron chi connectivity index (χ1n) is 29.7. The van der Waals surface area contributed by atoms with Crippen molar-refractivity contribution >= 4 is 76.9 Å². The first-order valence-corrected chi connectivity index (χ1v) is 29.7. The predicted molar refractivity (Wildman–Crippen MR) is 317 cm³/mol. The SMILES string of the molecule is CC[C@H](C)[C@H](NC(=O)[C@@H](CCCCN)NC)C(=O)N[C@@H](CO)C(=O)N[C@H](CCC(N)=O)C(=O)N[C@@H](C(=O)N[C@H](C(=O)N[C@@H](CO)C(=O)N[C@H]1C(=O)N[C@@H](C)C(=O)N[C@@H](CCCN=C(N)N)C(=O)N[C@@H]([C@@H](C)CC)C(=O)O[C@H]1C)[C@@H](C)CC)[C@@H](C)CC. The Morgan fingerprint density at radius 1 is 0.581 bits per heavy atom. The minimum absolute atomic E-state index is 0.0243. The van der Waals surface area contributed by atoms with Gasteiger partial charge in [0.05, 0.1) is 19.3 Å². The highest BCUT2D eigenvalue weighted by Crippen LogP contribution is 2.17. The Balaban J connectivity index is 3.52. The standard InChI is InChI=1S/C55H100N16O15/c1-12-27(5)39(67-45(76)33(60-11)19-16-17-23-56)50(81)65-36(25-72)48(79)64-35(21-22-38(57)74)47(78)68-41(29(7)14-3)52(83)69-40(28(6)13-2)51(82)66-37(26-73)49(80)71-43-32(10)86-54(85)42(30(8)15-4)70-46(77)34(20-18-24-61-55(58)59)63-44(75)31(9)62-53(43)84/h27-37,39-43,60,72-73H,12-26,56H2,1-11H3,(H2,57,74)(H,62,84)(H,63,75)(H,64,79)(H,65,81)(H,66,82)(H,67,76)(H,68,78)(H,69,83)(H,70,77)(H,71,80)(H4,58,59,61)/t27-,28-,29-,30-,31-,32-,33+,34-,35+,36-,37-,39-,40-,41+,42-,43+/m0/s1. The number of nitrogens with two attached hydrogens (primary N) is 4. The second kappa shape index (κ2) is 39.4. The number of ether oxygens (including phenoxy) is 1. The second-order valence-electron chi connectivity index (χ2n) is 22.0. The van der Waals surface area contributed by atoms with Gasteiger partial charge in [-0.3, -0.25) is 57.7 Å². The van der Waals surface area contributed by atoms with E-state index >= 15 is 0 Å². The molecule has 16 atom stereocenters. The lowest BCUT2D eigenvalue weighted by Crippen LogP contribution is -2.63. The number of likely N-dealkylation sites (N-methyl/N-ethyl adjacent to an activating group) is 1. The Labute approximate surface area is 503 Å². The zero-order chi connectivity index (χ0) is 65.5. The van der Waals surface area contributed by atoms with E-state index in [1.54, 1.807) is 62.4 Å². The summed E-state index contributed by atoms with van der Waals surface area (Å²) in [7, 11) is 1.59. The highest BCUT2D eigenvalue weighted by molar-refractivity contribution is 5.99. The largest absolute Gasteiger partial charge is 0.458 e. The molecule has 0 aliphatic carbocycles. The number of aliphatic imine (C=N–C) groups is 1. The number of carbonyl (C=O) groups is 12. The van der Waals surface area contributed by atoms with E-state index in [2.05, 4.69) is 63.5 Å². The van der Waals surface area contributed by atoms with Crippen LogP contribution in [0.4, 0.5) is 0 Å². The van der Waals surface area contributed by atoms with Crippen LogP contribution in [-0.2, 0) is 62.3 Å². The van der Waals surface area contributed by atoms with E-state index in [0.29, 0.717) is 38.6 Å². The summed E-state index contributed by atoms with van der Waals surface area (Å²) >= 11 is 0. The maximum atomic E-state index is 14.4. The lowest BCUT2D eigenvalue weighted by molar-refractivity contribution is -0.157. The fraction of sp³-hybridized carbons (Fsp3) is 0.764. The van der Waals surface area contributed by atoms with Gasteiger partial charge in [-0.05, 0) is 83.2 Å². The maximum Gasteiger partial charge on any atom is 0.329 e. The van der Waals surface area contributed by atoms with Gasteiger partial charge in [-0.25, -0.2) is 4.79 Å². The van der Waals surface area contributed by atoms with Gasteiger partial charge in [0.15, 0.2) is 5.96 Å². The number of carbonyl (C=O) groups excluding carboxylic acids is 12. The smallest absolute Gasteiger partial charge is 0.329 e. The molecule has 490 valence electrons. The Kier molecular flexibility index (Phi) is 35.2. The van der Waals surface area contributed by atoms with Crippen LogP contribution >= 0.6 is 0 Å². The maximum absolute atomic E-state index is 14.4. The van der Waals surface area contributed by atoms with Crippen LogP contribution in [-0.4, -0.2) is 193 Å². The van der Waals surface area contributed by atoms with Crippen LogP contribution in [0, 0.1) is 23.7 Å². The van der Waals surface area contributed by atoms with E-state index in [-0.39, 0.29) is 38.2 Å². The summed E-state index contributed by atoms with van der Waals surface area (Å²) < 4.78 is 5.70. The third-order valence-electron chi connectivity index (χ3n) is 15.4. The quantitative estimate of drug-likeness (QED) is 0.0121. The molecule has 11 amide bonds. The van der Waals surface area contributed by atoms with Crippen LogP contribution in [0.25, 0.3) is 0 Å². The Morgan fingerprint density at radius 2 is 1.06 bits per heavy atom. The molecule has 21 N–H and O–H groups in total. The van der Waals surface area contributed by atoms with Crippen molar-refractivity contribution in [3.8, 4) is 0 Å². The molecule has 1 heterocycles. The summed E-state index contributed by atoms with van der Waals surface area (Å²) in [6.45, 7) is 14.6. The number of nitrogens with zero attached hydrogens (tertiary/aromatic N) is 1. The van der Waals surface area contributed by atoms with Crippen molar-refractivity contribution in [1.29, 1.82) is 0 Å². The van der Waals surface area contributed by atoms with Crippen molar-refractivity contribution in [2.75, 3.05) is 33.4 Å². The van der Waals surface area contributed by atoms with Gasteiger partial charge >= 0.3 is 5.97 Å². The molecule has 86 heavy (non-hydrogen) atoms. The number of unbranched alkanes of at least 4 members (excludes halogenated alkanes) is 1. The summed E-state index contributed by atoms with van der Waals surface area (Å²) in [6, 6.07) is -15.4. The lowest BCUT2D eigenvalue weighted by Gasteiger charge is -2.31. The third kappa shape index (κ3) is 25.4. The van der Waals surface area contributed by atoms with E-state index in [4.69, 9.17) is 27.7 Å². The zero-order valence-corrected chi connectivity index (χ0v) is 51.8. The van der Waals surface area contributed by atoms with Gasteiger partial charge in [0.2, 0.25) is 65.0 Å². The highest BCUT2D eigenvalue weighted by atomic mass is 16.5. The lowest BCUT2D eigenvalue weighted by atomic mass is 9.94. The first-order chi connectivity index (χ1) is 40.5. The molecule has 31 heteroatoms. The van der Waals surface area contributed by atoms with Crippen molar-refractivity contribution in [3.05, 3.63) is 0 Å². The van der Waals surface area contributed by atoms with E-state index in [1.807, 2.05) is 0 Å². The Hall–Kier alpha value is -7.25.